The molecular formula is C17H22N2O. The first-order valence-electron chi connectivity index (χ1n) is 7.08. The van der Waals surface area contributed by atoms with Crippen molar-refractivity contribution in [3.05, 3.63) is 60.7 Å². The van der Waals surface area contributed by atoms with Gasteiger partial charge >= 0.3 is 0 Å². The Kier molecular flexibility index (Phi) is 5.42. The van der Waals surface area contributed by atoms with E-state index in [4.69, 9.17) is 4.74 Å². The van der Waals surface area contributed by atoms with Crippen LogP contribution < -0.4 is 4.74 Å². The summed E-state index contributed by atoms with van der Waals surface area (Å²) in [5, 5.41) is 0. The molecule has 0 saturated carbocycles. The smallest absolute Gasteiger partial charge is 0.122 e. The molecule has 0 unspecified atom stereocenters. The molecule has 0 saturated heterocycles. The number of allylic oxidation sites excluding steroid dienone is 1. The lowest BCUT2D eigenvalue weighted by molar-refractivity contribution is 0.300. The van der Waals surface area contributed by atoms with Gasteiger partial charge in [-0.3, -0.25) is 0 Å². The number of unbranched alkanes of at least 4 members (excludes halogenated alkanes) is 1. The third-order valence-corrected chi connectivity index (χ3v) is 3.21. The topological polar surface area (TPSA) is 27.1 Å². The Hall–Kier alpha value is -2.03. The molecular weight excluding hydrogens is 248 g/mol. The van der Waals surface area contributed by atoms with E-state index in [-0.39, 0.29) is 0 Å². The summed E-state index contributed by atoms with van der Waals surface area (Å²) in [6.07, 6.45) is 10.6. The van der Waals surface area contributed by atoms with E-state index in [1.54, 1.807) is 0 Å². The zero-order valence-corrected chi connectivity index (χ0v) is 12.1. The van der Waals surface area contributed by atoms with Crippen molar-refractivity contribution in [2.45, 2.75) is 32.7 Å². The molecule has 0 aliphatic carbocycles. The lowest BCUT2D eigenvalue weighted by Crippen LogP contribution is -2.02. The lowest BCUT2D eigenvalue weighted by Gasteiger charge is -2.11. The molecule has 2 rings (SSSR count). The zero-order chi connectivity index (χ0) is 14.2. The fourth-order valence-electron chi connectivity index (χ4n) is 2.16. The zero-order valence-electron chi connectivity index (χ0n) is 12.1. The van der Waals surface area contributed by atoms with Crippen LogP contribution in [0.2, 0.25) is 0 Å². The second kappa shape index (κ2) is 7.53. The van der Waals surface area contributed by atoms with Gasteiger partial charge in [0.15, 0.2) is 0 Å². The number of rotatable bonds is 8. The second-order valence-corrected chi connectivity index (χ2v) is 4.96. The van der Waals surface area contributed by atoms with E-state index >= 15 is 0 Å². The molecule has 0 spiro atoms. The monoisotopic (exact) mass is 270 g/mol. The van der Waals surface area contributed by atoms with Crippen molar-refractivity contribution in [1.82, 2.24) is 9.55 Å². The highest BCUT2D eigenvalue weighted by molar-refractivity contribution is 5.38. The molecule has 1 aromatic heterocycles. The van der Waals surface area contributed by atoms with Crippen molar-refractivity contribution in [3.8, 4) is 5.75 Å². The molecule has 106 valence electrons. The van der Waals surface area contributed by atoms with Crippen LogP contribution in [0.5, 0.6) is 5.75 Å². The van der Waals surface area contributed by atoms with Gasteiger partial charge < -0.3 is 9.30 Å². The molecule has 0 radical (unpaired) electrons. The average Bonchev–Trinajstić information content (AvgIpc) is 2.94. The van der Waals surface area contributed by atoms with Gasteiger partial charge in [-0.25, -0.2) is 4.98 Å². The van der Waals surface area contributed by atoms with Crippen LogP contribution in [0.4, 0.5) is 0 Å². The van der Waals surface area contributed by atoms with E-state index in [1.807, 2.05) is 24.8 Å². The molecule has 1 aromatic carbocycles. The summed E-state index contributed by atoms with van der Waals surface area (Å²) in [5.41, 5.74) is 2.48. The van der Waals surface area contributed by atoms with Gasteiger partial charge in [-0.15, -0.1) is 6.58 Å². The maximum absolute atomic E-state index is 5.89. The predicted octanol–water partition coefficient (Wildman–Crippen LogP) is 3.78. The van der Waals surface area contributed by atoms with Crippen LogP contribution in [0, 0.1) is 6.92 Å². The van der Waals surface area contributed by atoms with Crippen LogP contribution in [-0.4, -0.2) is 16.2 Å². The van der Waals surface area contributed by atoms with Gasteiger partial charge in [0, 0.05) is 18.9 Å². The molecule has 3 nitrogen and oxygen atoms in total. The highest BCUT2D eigenvalue weighted by Crippen LogP contribution is 2.21. The van der Waals surface area contributed by atoms with Crippen molar-refractivity contribution >= 4 is 0 Å². The number of hydrogen-bond donors (Lipinski definition) is 0. The van der Waals surface area contributed by atoms with Crippen LogP contribution >= 0.6 is 0 Å². The third kappa shape index (κ3) is 4.26. The minimum absolute atomic E-state index is 0.752. The molecule has 0 atom stereocenters. The Bertz CT molecular complexity index is 532. The molecule has 0 N–H and O–H groups in total. The maximum atomic E-state index is 5.89. The van der Waals surface area contributed by atoms with E-state index in [2.05, 4.69) is 41.3 Å². The van der Waals surface area contributed by atoms with Gasteiger partial charge in [-0.1, -0.05) is 23.8 Å². The molecule has 2 aromatic rings. The first-order chi connectivity index (χ1) is 9.79. The van der Waals surface area contributed by atoms with Crippen LogP contribution in [0.15, 0.2) is 49.6 Å². The van der Waals surface area contributed by atoms with E-state index < -0.39 is 0 Å². The van der Waals surface area contributed by atoms with E-state index in [9.17, 15) is 0 Å². The molecule has 3 heteroatoms. The van der Waals surface area contributed by atoms with Crippen molar-refractivity contribution < 1.29 is 4.74 Å². The van der Waals surface area contributed by atoms with Crippen molar-refractivity contribution in [1.29, 1.82) is 0 Å². The average molecular weight is 270 g/mol. The number of aromatic nitrogens is 2. The Morgan fingerprint density at radius 1 is 1.35 bits per heavy atom. The van der Waals surface area contributed by atoms with Crippen molar-refractivity contribution in [2.24, 2.45) is 0 Å². The van der Waals surface area contributed by atoms with Crippen molar-refractivity contribution in [3.63, 3.8) is 0 Å². The first-order valence-corrected chi connectivity index (χ1v) is 7.08. The van der Waals surface area contributed by atoms with E-state index in [0.717, 1.165) is 38.2 Å². The van der Waals surface area contributed by atoms with Crippen LogP contribution in [-0.2, 0) is 13.0 Å². The molecule has 1 heterocycles. The molecule has 0 aliphatic rings. The van der Waals surface area contributed by atoms with Gasteiger partial charge in [0.05, 0.1) is 12.9 Å². The van der Waals surface area contributed by atoms with Crippen LogP contribution in [0.25, 0.3) is 0 Å². The third-order valence-electron chi connectivity index (χ3n) is 3.21. The van der Waals surface area contributed by atoms with Gasteiger partial charge in [-0.05, 0) is 37.8 Å². The maximum Gasteiger partial charge on any atom is 0.122 e. The van der Waals surface area contributed by atoms with E-state index in [1.165, 1.54) is 11.1 Å². The summed E-state index contributed by atoms with van der Waals surface area (Å²) in [4.78, 5) is 4.03. The summed E-state index contributed by atoms with van der Waals surface area (Å²) in [5.74, 6) is 0.984. The Balaban J connectivity index is 1.77. The Morgan fingerprint density at radius 3 is 3.00 bits per heavy atom. The van der Waals surface area contributed by atoms with Gasteiger partial charge in [-0.2, -0.15) is 0 Å². The number of aryl methyl sites for hydroxylation is 2. The molecule has 0 aliphatic heterocycles. The van der Waals surface area contributed by atoms with E-state index in [0.29, 0.717) is 0 Å². The summed E-state index contributed by atoms with van der Waals surface area (Å²) in [6.45, 7) is 7.65. The Morgan fingerprint density at radius 2 is 2.25 bits per heavy atom. The molecule has 0 bridgehead atoms. The highest BCUT2D eigenvalue weighted by Gasteiger charge is 2.02. The van der Waals surface area contributed by atoms with Crippen LogP contribution in [0.1, 0.15) is 24.0 Å². The lowest BCUT2D eigenvalue weighted by atomic mass is 10.1. The minimum Gasteiger partial charge on any atom is -0.493 e. The molecule has 0 amide bonds. The second-order valence-electron chi connectivity index (χ2n) is 4.96. The molecule has 0 fully saturated rings. The molecule has 20 heavy (non-hydrogen) atoms. The first kappa shape index (κ1) is 14.4. The number of benzene rings is 1. The highest BCUT2D eigenvalue weighted by atomic mass is 16.5. The number of hydrogen-bond acceptors (Lipinski definition) is 2. The van der Waals surface area contributed by atoms with Gasteiger partial charge in [0.1, 0.15) is 5.75 Å². The fourth-order valence-corrected chi connectivity index (χ4v) is 2.16. The quantitative estimate of drug-likeness (QED) is 0.539. The standard InChI is InChI=1S/C17H22N2O/c1-3-6-16-13-15(2)7-8-17(16)20-12-5-4-10-19-11-9-18-14-19/h3,7-9,11,13-14H,1,4-6,10,12H2,2H3. The largest absolute Gasteiger partial charge is 0.493 e. The van der Waals surface area contributed by atoms with Crippen LogP contribution in [0.3, 0.4) is 0 Å². The van der Waals surface area contributed by atoms with Gasteiger partial charge in [0.25, 0.3) is 0 Å². The number of ether oxygens (including phenoxy) is 1. The Labute approximate surface area is 120 Å². The number of nitrogens with zero attached hydrogens (tertiary/aromatic N) is 2. The summed E-state index contributed by atoms with van der Waals surface area (Å²) in [6, 6.07) is 6.32. The van der Waals surface area contributed by atoms with Crippen molar-refractivity contribution in [2.75, 3.05) is 6.61 Å². The summed E-state index contributed by atoms with van der Waals surface area (Å²) >= 11 is 0. The number of imidazole rings is 1. The summed E-state index contributed by atoms with van der Waals surface area (Å²) < 4.78 is 7.98. The van der Waals surface area contributed by atoms with Gasteiger partial charge in [0.2, 0.25) is 0 Å². The normalized spacial score (nSPS) is 10.4. The minimum atomic E-state index is 0.752. The SMILES string of the molecule is C=CCc1cc(C)ccc1OCCCCn1ccnc1. The summed E-state index contributed by atoms with van der Waals surface area (Å²) in [7, 11) is 0. The fraction of sp³-hybridized carbons (Fsp3) is 0.353. The predicted molar refractivity (Wildman–Crippen MR) is 82.0 cm³/mol.